The zero-order valence-corrected chi connectivity index (χ0v) is 23.2. The van der Waals surface area contributed by atoms with Crippen LogP contribution in [0.3, 0.4) is 0 Å². The van der Waals surface area contributed by atoms with Crippen LogP contribution in [0.5, 0.6) is 11.5 Å². The van der Waals surface area contributed by atoms with Crippen LogP contribution in [0.4, 0.5) is 5.00 Å². The average molecular weight is 538 g/mol. The van der Waals surface area contributed by atoms with Gasteiger partial charge in [-0.2, -0.15) is 0 Å². The van der Waals surface area contributed by atoms with Gasteiger partial charge in [0.25, 0.3) is 0 Å². The zero-order chi connectivity index (χ0) is 27.1. The van der Waals surface area contributed by atoms with E-state index in [0.717, 1.165) is 66.5 Å². The Kier molecular flexibility index (Phi) is 9.38. The summed E-state index contributed by atoms with van der Waals surface area (Å²) in [5.41, 5.74) is 4.31. The molecule has 1 aliphatic rings. The number of thiophene rings is 1. The predicted molar refractivity (Wildman–Crippen MR) is 150 cm³/mol. The van der Waals surface area contributed by atoms with Crippen LogP contribution in [0.1, 0.15) is 28.4 Å². The van der Waals surface area contributed by atoms with Crippen molar-refractivity contribution in [2.45, 2.75) is 20.4 Å². The van der Waals surface area contributed by atoms with Gasteiger partial charge in [0.15, 0.2) is 0 Å². The first-order valence-electron chi connectivity index (χ1n) is 12.7. The molecule has 9 heteroatoms. The molecule has 0 aliphatic carbocycles. The maximum Gasteiger partial charge on any atom is 0.341 e. The van der Waals surface area contributed by atoms with E-state index in [2.05, 4.69) is 15.1 Å². The van der Waals surface area contributed by atoms with Crippen LogP contribution in [0.15, 0.2) is 47.8 Å². The van der Waals surface area contributed by atoms with Gasteiger partial charge in [0.1, 0.15) is 22.1 Å². The van der Waals surface area contributed by atoms with E-state index in [-0.39, 0.29) is 19.1 Å². The van der Waals surface area contributed by atoms with Crippen LogP contribution in [0.2, 0.25) is 0 Å². The third-order valence-corrected chi connectivity index (χ3v) is 7.50. The van der Waals surface area contributed by atoms with Crippen LogP contribution in [-0.4, -0.2) is 75.2 Å². The van der Waals surface area contributed by atoms with Crippen molar-refractivity contribution < 1.29 is 23.8 Å². The van der Waals surface area contributed by atoms with Crippen LogP contribution in [0, 0.1) is 6.92 Å². The fourth-order valence-electron chi connectivity index (χ4n) is 4.52. The number of carbonyl (C=O) groups excluding carboxylic acids is 2. The van der Waals surface area contributed by atoms with Gasteiger partial charge < -0.3 is 19.5 Å². The maximum atomic E-state index is 13.0. The fraction of sp³-hybridized carbons (Fsp3) is 0.379. The van der Waals surface area contributed by atoms with Gasteiger partial charge in [0.05, 0.1) is 27.4 Å². The second-order valence-corrected chi connectivity index (χ2v) is 10.1. The molecule has 0 radical (unpaired) electrons. The van der Waals surface area contributed by atoms with Gasteiger partial charge in [0, 0.05) is 49.2 Å². The van der Waals surface area contributed by atoms with Crippen molar-refractivity contribution in [3.8, 4) is 22.6 Å². The molecule has 0 unspecified atom stereocenters. The van der Waals surface area contributed by atoms with Crippen molar-refractivity contribution >= 4 is 28.2 Å². The number of nitrogens with zero attached hydrogens (tertiary/aromatic N) is 2. The summed E-state index contributed by atoms with van der Waals surface area (Å²) in [5.74, 6) is 1.07. The number of aryl methyl sites for hydroxylation is 1. The number of hydrogen-bond acceptors (Lipinski definition) is 8. The van der Waals surface area contributed by atoms with Crippen molar-refractivity contribution in [1.82, 2.24) is 9.80 Å². The second-order valence-electron chi connectivity index (χ2n) is 9.22. The summed E-state index contributed by atoms with van der Waals surface area (Å²) in [6.07, 6.45) is 0. The summed E-state index contributed by atoms with van der Waals surface area (Å²) in [5, 5.41) is 5.39. The fourth-order valence-corrected chi connectivity index (χ4v) is 5.50. The van der Waals surface area contributed by atoms with Gasteiger partial charge in [-0.15, -0.1) is 11.3 Å². The molecule has 202 valence electrons. The standard InChI is InChI=1S/C29H35N3O5S/c1-5-37-29(34)27-24(21-8-6-20(2)7-9-21)19-38-28(27)30-26(33)18-32-14-12-31(13-15-32)17-22-16-23(35-3)10-11-25(22)36-4/h6-11,16,19H,5,12-15,17-18H2,1-4H3,(H,30,33). The third-order valence-electron chi connectivity index (χ3n) is 6.60. The molecule has 3 aromatic rings. The van der Waals surface area contributed by atoms with E-state index < -0.39 is 5.97 Å². The van der Waals surface area contributed by atoms with Gasteiger partial charge in [-0.1, -0.05) is 29.8 Å². The molecule has 0 spiro atoms. The van der Waals surface area contributed by atoms with Crippen molar-refractivity contribution in [2.24, 2.45) is 0 Å². The first-order valence-corrected chi connectivity index (χ1v) is 13.6. The third kappa shape index (κ3) is 6.72. The molecule has 4 rings (SSSR count). The van der Waals surface area contributed by atoms with Crippen molar-refractivity contribution in [2.75, 3.05) is 58.9 Å². The molecular weight excluding hydrogens is 502 g/mol. The van der Waals surface area contributed by atoms with Crippen molar-refractivity contribution in [3.05, 3.63) is 64.5 Å². The quantitative estimate of drug-likeness (QED) is 0.377. The Morgan fingerprint density at radius 2 is 1.68 bits per heavy atom. The summed E-state index contributed by atoms with van der Waals surface area (Å²) in [6, 6.07) is 13.8. The van der Waals surface area contributed by atoms with E-state index in [1.165, 1.54) is 11.3 Å². The monoisotopic (exact) mass is 537 g/mol. The van der Waals surface area contributed by atoms with Gasteiger partial charge >= 0.3 is 5.97 Å². The van der Waals surface area contributed by atoms with Crippen LogP contribution in [-0.2, 0) is 16.1 Å². The highest BCUT2D eigenvalue weighted by molar-refractivity contribution is 7.15. The number of piperazine rings is 1. The second kappa shape index (κ2) is 12.9. The summed E-state index contributed by atoms with van der Waals surface area (Å²) in [6.45, 7) is 8.27. The molecule has 1 amide bonds. The number of rotatable bonds is 10. The maximum absolute atomic E-state index is 13.0. The van der Waals surface area contributed by atoms with Crippen molar-refractivity contribution in [1.29, 1.82) is 0 Å². The highest BCUT2D eigenvalue weighted by Crippen LogP contribution is 2.36. The molecule has 2 heterocycles. The molecule has 1 N–H and O–H groups in total. The number of anilines is 1. The number of carbonyl (C=O) groups is 2. The van der Waals surface area contributed by atoms with Gasteiger partial charge in [-0.3, -0.25) is 14.6 Å². The van der Waals surface area contributed by atoms with E-state index in [4.69, 9.17) is 14.2 Å². The largest absolute Gasteiger partial charge is 0.497 e. The number of amides is 1. The lowest BCUT2D eigenvalue weighted by molar-refractivity contribution is -0.117. The first-order chi connectivity index (χ1) is 18.4. The minimum absolute atomic E-state index is 0.143. The lowest BCUT2D eigenvalue weighted by Gasteiger charge is -2.34. The topological polar surface area (TPSA) is 80.3 Å². The molecule has 8 nitrogen and oxygen atoms in total. The van der Waals surface area contributed by atoms with Gasteiger partial charge in [-0.05, 0) is 37.6 Å². The Labute approximate surface area is 228 Å². The molecule has 38 heavy (non-hydrogen) atoms. The number of hydrogen-bond donors (Lipinski definition) is 1. The Morgan fingerprint density at radius 3 is 2.34 bits per heavy atom. The first kappa shape index (κ1) is 27.6. The molecule has 0 bridgehead atoms. The highest BCUT2D eigenvalue weighted by atomic mass is 32.1. The van der Waals surface area contributed by atoms with Crippen LogP contribution in [0.25, 0.3) is 11.1 Å². The smallest absolute Gasteiger partial charge is 0.341 e. The molecular formula is C29H35N3O5S. The molecule has 0 atom stereocenters. The van der Waals surface area contributed by atoms with Crippen LogP contribution >= 0.6 is 11.3 Å². The van der Waals surface area contributed by atoms with E-state index in [9.17, 15) is 9.59 Å². The summed E-state index contributed by atoms with van der Waals surface area (Å²) in [7, 11) is 3.33. The lowest BCUT2D eigenvalue weighted by Crippen LogP contribution is -2.48. The number of ether oxygens (including phenoxy) is 3. The predicted octanol–water partition coefficient (Wildman–Crippen LogP) is 4.67. The molecule has 1 aromatic heterocycles. The summed E-state index contributed by atoms with van der Waals surface area (Å²) in [4.78, 5) is 30.3. The number of nitrogens with one attached hydrogen (secondary N) is 1. The molecule has 0 saturated carbocycles. The Bertz CT molecular complexity index is 1250. The molecule has 2 aromatic carbocycles. The number of benzene rings is 2. The van der Waals surface area contributed by atoms with E-state index in [0.29, 0.717) is 10.6 Å². The Balaban J connectivity index is 1.37. The average Bonchev–Trinajstić information content (AvgIpc) is 3.33. The molecule has 1 aliphatic heterocycles. The Hall–Kier alpha value is -3.40. The minimum Gasteiger partial charge on any atom is -0.497 e. The van der Waals surface area contributed by atoms with E-state index in [1.807, 2.05) is 54.8 Å². The highest BCUT2D eigenvalue weighted by Gasteiger charge is 2.25. The minimum atomic E-state index is -0.429. The zero-order valence-electron chi connectivity index (χ0n) is 22.4. The summed E-state index contributed by atoms with van der Waals surface area (Å²) >= 11 is 1.35. The summed E-state index contributed by atoms with van der Waals surface area (Å²) < 4.78 is 16.2. The van der Waals surface area contributed by atoms with Gasteiger partial charge in [-0.25, -0.2) is 4.79 Å². The van der Waals surface area contributed by atoms with Crippen molar-refractivity contribution in [3.63, 3.8) is 0 Å². The number of methoxy groups -OCH3 is 2. The molecule has 1 saturated heterocycles. The normalized spacial score (nSPS) is 14.2. The van der Waals surface area contributed by atoms with E-state index in [1.54, 1.807) is 21.1 Å². The Morgan fingerprint density at radius 1 is 0.974 bits per heavy atom. The molecule has 1 fully saturated rings. The lowest BCUT2D eigenvalue weighted by atomic mass is 10.0. The SMILES string of the molecule is CCOC(=O)c1c(-c2ccc(C)cc2)csc1NC(=O)CN1CCN(Cc2cc(OC)ccc2OC)CC1. The van der Waals surface area contributed by atoms with Crippen LogP contribution < -0.4 is 14.8 Å². The number of esters is 1. The van der Waals surface area contributed by atoms with E-state index >= 15 is 0 Å². The van der Waals surface area contributed by atoms with Gasteiger partial charge in [0.2, 0.25) is 5.91 Å².